The summed E-state index contributed by atoms with van der Waals surface area (Å²) in [4.78, 5) is 1.92. The Bertz CT molecular complexity index is 687. The van der Waals surface area contributed by atoms with Crippen LogP contribution in [-0.2, 0) is 6.18 Å². The minimum Gasteiger partial charge on any atom is -0.508 e. The van der Waals surface area contributed by atoms with Crippen molar-refractivity contribution in [2.45, 2.75) is 39.4 Å². The second kappa shape index (κ2) is 9.48. The van der Waals surface area contributed by atoms with Crippen molar-refractivity contribution in [3.05, 3.63) is 64.9 Å². The zero-order valence-electron chi connectivity index (χ0n) is 15.6. The highest BCUT2D eigenvalue weighted by Gasteiger charge is 2.32. The van der Waals surface area contributed by atoms with E-state index in [1.54, 1.807) is 6.92 Å². The van der Waals surface area contributed by atoms with E-state index in [2.05, 4.69) is 0 Å². The smallest absolute Gasteiger partial charge is 0.416 e. The van der Waals surface area contributed by atoms with Crippen LogP contribution in [0, 0.1) is 0 Å². The minimum atomic E-state index is -4.49. The lowest BCUT2D eigenvalue weighted by Crippen LogP contribution is -2.26. The first-order valence-corrected chi connectivity index (χ1v) is 8.43. The molecule has 1 rings (SSSR count). The number of alkyl halides is 3. The summed E-state index contributed by atoms with van der Waals surface area (Å²) in [5.74, 6) is -0.377. The predicted octanol–water partition coefficient (Wildman–Crippen LogP) is 5.16. The summed E-state index contributed by atoms with van der Waals surface area (Å²) >= 11 is 0. The van der Waals surface area contributed by atoms with E-state index >= 15 is 0 Å². The van der Waals surface area contributed by atoms with Crippen LogP contribution in [0.3, 0.4) is 0 Å². The van der Waals surface area contributed by atoms with Crippen LogP contribution >= 0.6 is 0 Å². The predicted molar refractivity (Wildman–Crippen MR) is 99.6 cm³/mol. The van der Waals surface area contributed by atoms with Gasteiger partial charge in [0.2, 0.25) is 0 Å². The molecular weight excluding hydrogens is 341 g/mol. The number of hydrogen-bond donors (Lipinski definition) is 2. The largest absolute Gasteiger partial charge is 0.508 e. The Balaban J connectivity index is 3.33. The van der Waals surface area contributed by atoms with Crippen LogP contribution in [0.1, 0.15) is 44.4 Å². The molecule has 0 heterocycles. The summed E-state index contributed by atoms with van der Waals surface area (Å²) < 4.78 is 38.6. The molecule has 0 aromatic heterocycles. The monoisotopic (exact) mass is 368 g/mol. The van der Waals surface area contributed by atoms with Crippen LogP contribution in [0.2, 0.25) is 0 Å². The highest BCUT2D eigenvalue weighted by Crippen LogP contribution is 2.38. The van der Waals surface area contributed by atoms with Gasteiger partial charge >= 0.3 is 6.18 Å². The summed E-state index contributed by atoms with van der Waals surface area (Å²) in [6.45, 7) is 6.17. The topological polar surface area (TPSA) is 49.5 Å². The molecule has 0 aliphatic carbocycles. The molecule has 0 aliphatic heterocycles. The third-order valence-electron chi connectivity index (χ3n) is 3.96. The molecule has 1 aromatic rings. The maximum absolute atomic E-state index is 12.9. The van der Waals surface area contributed by atoms with Gasteiger partial charge in [0.15, 0.2) is 0 Å². The molecule has 0 saturated heterocycles. The van der Waals surface area contributed by atoms with Gasteiger partial charge in [0.1, 0.15) is 5.75 Å². The number of allylic oxidation sites excluding steroid dienone is 4. The molecule has 0 radical (unpaired) electrons. The number of aromatic hydroxyl groups is 1. The Morgan fingerprint density at radius 1 is 1.31 bits per heavy atom. The number of rotatable bonds is 7. The highest BCUT2D eigenvalue weighted by molar-refractivity contribution is 5.43. The Kier molecular flexibility index (Phi) is 7.96. The second-order valence-electron chi connectivity index (χ2n) is 6.31. The molecule has 0 amide bonds. The highest BCUT2D eigenvalue weighted by atomic mass is 19.4. The van der Waals surface area contributed by atoms with Crippen LogP contribution in [0.25, 0.3) is 0 Å². The van der Waals surface area contributed by atoms with Crippen LogP contribution < -0.4 is 5.73 Å². The van der Waals surface area contributed by atoms with E-state index in [9.17, 15) is 18.3 Å². The van der Waals surface area contributed by atoms with Crippen molar-refractivity contribution in [1.82, 2.24) is 4.90 Å². The van der Waals surface area contributed by atoms with Gasteiger partial charge in [-0.3, -0.25) is 4.90 Å². The fourth-order valence-electron chi connectivity index (χ4n) is 2.62. The van der Waals surface area contributed by atoms with Crippen molar-refractivity contribution in [3.8, 4) is 5.75 Å². The van der Waals surface area contributed by atoms with E-state index in [-0.39, 0.29) is 11.8 Å². The third kappa shape index (κ3) is 6.26. The van der Waals surface area contributed by atoms with Crippen molar-refractivity contribution in [2.24, 2.45) is 5.73 Å². The molecule has 0 saturated carbocycles. The number of phenolic OH excluding ortho intramolecular Hbond substituents is 1. The molecule has 1 atom stereocenters. The lowest BCUT2D eigenvalue weighted by Gasteiger charge is -2.29. The molecule has 6 heteroatoms. The van der Waals surface area contributed by atoms with Gasteiger partial charge in [-0.1, -0.05) is 42.9 Å². The van der Waals surface area contributed by atoms with Gasteiger partial charge in [0, 0.05) is 17.8 Å². The van der Waals surface area contributed by atoms with Crippen LogP contribution in [-0.4, -0.2) is 23.6 Å². The molecule has 3 N–H and O–H groups in total. The Morgan fingerprint density at radius 3 is 2.46 bits per heavy atom. The first-order chi connectivity index (χ1) is 12.1. The maximum Gasteiger partial charge on any atom is 0.416 e. The summed E-state index contributed by atoms with van der Waals surface area (Å²) in [5, 5.41) is 10.3. The first-order valence-electron chi connectivity index (χ1n) is 8.43. The average Bonchev–Trinajstić information content (AvgIpc) is 2.54. The SMILES string of the molecule is CC/C=C\C=C(/C)C(c1ccc(C(F)(F)F)cc1O)N(C)C/C=C(\C)N. The Labute approximate surface area is 153 Å². The van der Waals surface area contributed by atoms with Crippen molar-refractivity contribution < 1.29 is 18.3 Å². The van der Waals surface area contributed by atoms with Gasteiger partial charge in [-0.05, 0) is 39.4 Å². The molecular formula is C20H27F3N2O. The third-order valence-corrected chi connectivity index (χ3v) is 3.96. The zero-order chi connectivity index (χ0) is 19.9. The van der Waals surface area contributed by atoms with Crippen LogP contribution in [0.15, 0.2) is 53.8 Å². The minimum absolute atomic E-state index is 0.377. The molecule has 0 bridgehead atoms. The van der Waals surface area contributed by atoms with Gasteiger partial charge in [-0.25, -0.2) is 0 Å². The Hall–Kier alpha value is -2.21. The zero-order valence-corrected chi connectivity index (χ0v) is 15.6. The van der Waals surface area contributed by atoms with Crippen molar-refractivity contribution in [2.75, 3.05) is 13.6 Å². The number of benzene rings is 1. The number of halogens is 3. The molecule has 144 valence electrons. The Morgan fingerprint density at radius 2 is 1.96 bits per heavy atom. The van der Waals surface area contributed by atoms with Crippen molar-refractivity contribution in [1.29, 1.82) is 0 Å². The van der Waals surface area contributed by atoms with E-state index in [1.165, 1.54) is 6.07 Å². The van der Waals surface area contributed by atoms with Gasteiger partial charge in [0.05, 0.1) is 11.6 Å². The van der Waals surface area contributed by atoms with Gasteiger partial charge < -0.3 is 10.8 Å². The molecule has 0 spiro atoms. The van der Waals surface area contributed by atoms with E-state index in [0.717, 1.165) is 24.1 Å². The van der Waals surface area contributed by atoms with E-state index in [4.69, 9.17) is 5.73 Å². The normalized spacial score (nSPS) is 15.1. The quantitative estimate of drug-likeness (QED) is 0.654. The number of nitrogens with two attached hydrogens (primary N) is 1. The van der Waals surface area contributed by atoms with Gasteiger partial charge in [-0.15, -0.1) is 0 Å². The molecule has 3 nitrogen and oxygen atoms in total. The van der Waals surface area contributed by atoms with E-state index < -0.39 is 11.7 Å². The standard InChI is InChI=1S/C20H27F3N2O/c1-5-6-7-8-14(2)19(25(4)12-11-15(3)24)17-10-9-16(13-18(17)26)20(21,22)23/h6-11,13,19,26H,5,12,24H2,1-4H3/b7-6-,14-8+,15-11+. The summed E-state index contributed by atoms with van der Waals surface area (Å²) in [6, 6.07) is 2.72. The first kappa shape index (κ1) is 21.8. The second-order valence-corrected chi connectivity index (χ2v) is 6.31. The van der Waals surface area contributed by atoms with E-state index in [0.29, 0.717) is 17.8 Å². The molecule has 1 aromatic carbocycles. The van der Waals surface area contributed by atoms with Gasteiger partial charge in [-0.2, -0.15) is 13.2 Å². The lowest BCUT2D eigenvalue weighted by molar-refractivity contribution is -0.137. The fraction of sp³-hybridized carbons (Fsp3) is 0.400. The fourth-order valence-corrected chi connectivity index (χ4v) is 2.62. The number of hydrogen-bond acceptors (Lipinski definition) is 3. The number of phenols is 1. The van der Waals surface area contributed by atoms with Crippen molar-refractivity contribution >= 4 is 0 Å². The summed E-state index contributed by atoms with van der Waals surface area (Å²) in [7, 11) is 1.84. The molecule has 0 aliphatic rings. The van der Waals surface area contributed by atoms with E-state index in [1.807, 2.05) is 50.1 Å². The number of nitrogens with zero attached hydrogens (tertiary/aromatic N) is 1. The maximum atomic E-state index is 12.9. The summed E-state index contributed by atoms with van der Waals surface area (Å²) in [5.41, 5.74) is 6.79. The lowest BCUT2D eigenvalue weighted by atomic mass is 9.95. The molecule has 0 fully saturated rings. The van der Waals surface area contributed by atoms with Gasteiger partial charge in [0.25, 0.3) is 0 Å². The molecule has 26 heavy (non-hydrogen) atoms. The van der Waals surface area contributed by atoms with Crippen LogP contribution in [0.5, 0.6) is 5.75 Å². The number of likely N-dealkylation sites (N-methyl/N-ethyl adjacent to an activating group) is 1. The van der Waals surface area contributed by atoms with Crippen molar-refractivity contribution in [3.63, 3.8) is 0 Å². The average molecular weight is 368 g/mol. The van der Waals surface area contributed by atoms with Crippen LogP contribution in [0.4, 0.5) is 13.2 Å². The molecule has 1 unspecified atom stereocenters. The summed E-state index contributed by atoms with van der Waals surface area (Å²) in [6.07, 6.45) is 4.00.